The van der Waals surface area contributed by atoms with Crippen molar-refractivity contribution in [1.82, 2.24) is 10.2 Å². The lowest BCUT2D eigenvalue weighted by atomic mass is 9.76. The van der Waals surface area contributed by atoms with Crippen molar-refractivity contribution in [2.45, 2.75) is 84.3 Å². The van der Waals surface area contributed by atoms with Gasteiger partial charge in [0.05, 0.1) is 0 Å². The fourth-order valence-corrected chi connectivity index (χ4v) is 4.28. The molecule has 2 heteroatoms. The van der Waals surface area contributed by atoms with E-state index in [1.807, 2.05) is 0 Å². The van der Waals surface area contributed by atoms with E-state index in [1.54, 1.807) is 0 Å². The summed E-state index contributed by atoms with van der Waals surface area (Å²) in [5.41, 5.74) is 0. The lowest BCUT2D eigenvalue weighted by molar-refractivity contribution is 0.0143. The first-order chi connectivity index (χ1) is 9.17. The molecule has 4 unspecified atom stereocenters. The molecule has 0 aromatic carbocycles. The first-order valence-corrected chi connectivity index (χ1v) is 8.66. The second-order valence-electron chi connectivity index (χ2n) is 7.03. The highest BCUT2D eigenvalue weighted by Gasteiger charge is 2.37. The standard InChI is InChI=1S/C17H34N2/c1-5-14-12-19(15(6-2)11-18-14)17-10-8-7-9-16(17)13(3)4/h13-18H,5-12H2,1-4H3. The van der Waals surface area contributed by atoms with E-state index >= 15 is 0 Å². The Balaban J connectivity index is 2.09. The van der Waals surface area contributed by atoms with Gasteiger partial charge in [0.25, 0.3) is 0 Å². The van der Waals surface area contributed by atoms with E-state index in [1.165, 1.54) is 51.6 Å². The molecule has 2 aliphatic rings. The van der Waals surface area contributed by atoms with Crippen molar-refractivity contribution in [1.29, 1.82) is 0 Å². The number of hydrogen-bond acceptors (Lipinski definition) is 2. The van der Waals surface area contributed by atoms with Crippen LogP contribution in [0.1, 0.15) is 66.2 Å². The van der Waals surface area contributed by atoms with Crippen molar-refractivity contribution >= 4 is 0 Å². The molecule has 4 atom stereocenters. The van der Waals surface area contributed by atoms with Crippen LogP contribution in [0.5, 0.6) is 0 Å². The van der Waals surface area contributed by atoms with E-state index in [0.717, 1.165) is 30.0 Å². The maximum absolute atomic E-state index is 3.74. The molecule has 1 aliphatic carbocycles. The van der Waals surface area contributed by atoms with Gasteiger partial charge in [-0.2, -0.15) is 0 Å². The molecule has 2 nitrogen and oxygen atoms in total. The average molecular weight is 266 g/mol. The Hall–Kier alpha value is -0.0800. The molecule has 1 heterocycles. The van der Waals surface area contributed by atoms with Crippen LogP contribution in [0.4, 0.5) is 0 Å². The molecule has 0 radical (unpaired) electrons. The number of nitrogens with zero attached hydrogens (tertiary/aromatic N) is 1. The predicted octanol–water partition coefficient (Wildman–Crippen LogP) is 3.66. The average Bonchev–Trinajstić information content (AvgIpc) is 2.46. The largest absolute Gasteiger partial charge is 0.311 e. The van der Waals surface area contributed by atoms with Gasteiger partial charge >= 0.3 is 0 Å². The van der Waals surface area contributed by atoms with Crippen molar-refractivity contribution in [2.75, 3.05) is 13.1 Å². The van der Waals surface area contributed by atoms with Crippen LogP contribution in [-0.2, 0) is 0 Å². The number of nitrogens with one attached hydrogen (secondary N) is 1. The lowest BCUT2D eigenvalue weighted by Gasteiger charge is -2.49. The first-order valence-electron chi connectivity index (χ1n) is 8.66. The Morgan fingerprint density at radius 1 is 1.11 bits per heavy atom. The van der Waals surface area contributed by atoms with Crippen LogP contribution >= 0.6 is 0 Å². The minimum Gasteiger partial charge on any atom is -0.311 e. The number of hydrogen-bond donors (Lipinski definition) is 1. The van der Waals surface area contributed by atoms with Crippen molar-refractivity contribution in [3.63, 3.8) is 0 Å². The Bertz CT molecular complexity index is 264. The summed E-state index contributed by atoms with van der Waals surface area (Å²) in [6.45, 7) is 12.0. The second kappa shape index (κ2) is 7.08. The molecular formula is C17H34N2. The van der Waals surface area contributed by atoms with Crippen LogP contribution in [0.3, 0.4) is 0 Å². The third kappa shape index (κ3) is 3.52. The van der Waals surface area contributed by atoms with Crippen LogP contribution in [0.25, 0.3) is 0 Å². The maximum atomic E-state index is 3.74. The normalized spacial score (nSPS) is 37.7. The zero-order chi connectivity index (χ0) is 13.8. The minimum absolute atomic E-state index is 0.720. The Labute approximate surface area is 120 Å². The van der Waals surface area contributed by atoms with E-state index in [0.29, 0.717) is 0 Å². The van der Waals surface area contributed by atoms with E-state index in [9.17, 15) is 0 Å². The highest BCUT2D eigenvalue weighted by atomic mass is 15.3. The summed E-state index contributed by atoms with van der Waals surface area (Å²) in [5.74, 6) is 1.77. The summed E-state index contributed by atoms with van der Waals surface area (Å²) >= 11 is 0. The molecule has 0 amide bonds. The quantitative estimate of drug-likeness (QED) is 0.835. The molecule has 1 N–H and O–H groups in total. The van der Waals surface area contributed by atoms with Crippen molar-refractivity contribution in [3.8, 4) is 0 Å². The molecule has 0 aromatic rings. The van der Waals surface area contributed by atoms with Crippen LogP contribution in [0, 0.1) is 11.8 Å². The first kappa shape index (κ1) is 15.3. The SMILES string of the molecule is CCC1CN(C2CCCCC2C(C)C)C(CC)CN1. The third-order valence-electron chi connectivity index (χ3n) is 5.57. The molecule has 0 spiro atoms. The lowest BCUT2D eigenvalue weighted by Crippen LogP contribution is -2.61. The predicted molar refractivity (Wildman–Crippen MR) is 83.5 cm³/mol. The van der Waals surface area contributed by atoms with Gasteiger partial charge in [-0.3, -0.25) is 4.90 Å². The molecule has 19 heavy (non-hydrogen) atoms. The fraction of sp³-hybridized carbons (Fsp3) is 1.00. The highest BCUT2D eigenvalue weighted by Crippen LogP contribution is 2.35. The van der Waals surface area contributed by atoms with Gasteiger partial charge in [0.15, 0.2) is 0 Å². The van der Waals surface area contributed by atoms with Gasteiger partial charge in [-0.15, -0.1) is 0 Å². The van der Waals surface area contributed by atoms with Crippen LogP contribution in [-0.4, -0.2) is 36.1 Å². The summed E-state index contributed by atoms with van der Waals surface area (Å²) < 4.78 is 0. The Morgan fingerprint density at radius 3 is 2.47 bits per heavy atom. The number of rotatable bonds is 4. The summed E-state index contributed by atoms with van der Waals surface area (Å²) in [6.07, 6.45) is 8.37. The van der Waals surface area contributed by atoms with Gasteiger partial charge in [-0.1, -0.05) is 40.5 Å². The molecule has 1 saturated carbocycles. The Morgan fingerprint density at radius 2 is 1.84 bits per heavy atom. The molecule has 1 aliphatic heterocycles. The monoisotopic (exact) mass is 266 g/mol. The molecule has 2 fully saturated rings. The highest BCUT2D eigenvalue weighted by molar-refractivity contribution is 4.93. The minimum atomic E-state index is 0.720. The van der Waals surface area contributed by atoms with Crippen LogP contribution in [0.2, 0.25) is 0 Å². The molecule has 0 bridgehead atoms. The molecule has 1 saturated heterocycles. The Kier molecular flexibility index (Phi) is 5.70. The molecular weight excluding hydrogens is 232 g/mol. The summed E-state index contributed by atoms with van der Waals surface area (Å²) in [6, 6.07) is 2.35. The zero-order valence-electron chi connectivity index (χ0n) is 13.5. The maximum Gasteiger partial charge on any atom is 0.0221 e. The molecule has 0 aromatic heterocycles. The van der Waals surface area contributed by atoms with E-state index in [-0.39, 0.29) is 0 Å². The topological polar surface area (TPSA) is 15.3 Å². The van der Waals surface area contributed by atoms with Gasteiger partial charge in [0, 0.05) is 31.2 Å². The van der Waals surface area contributed by atoms with Crippen LogP contribution < -0.4 is 5.32 Å². The summed E-state index contributed by atoms with van der Waals surface area (Å²) in [7, 11) is 0. The van der Waals surface area contributed by atoms with E-state index < -0.39 is 0 Å². The summed E-state index contributed by atoms with van der Waals surface area (Å²) in [4.78, 5) is 2.90. The molecule has 112 valence electrons. The zero-order valence-corrected chi connectivity index (χ0v) is 13.5. The molecule has 2 rings (SSSR count). The second-order valence-corrected chi connectivity index (χ2v) is 7.03. The van der Waals surface area contributed by atoms with Gasteiger partial charge in [-0.05, 0) is 37.5 Å². The summed E-state index contributed by atoms with van der Waals surface area (Å²) in [5, 5.41) is 3.74. The van der Waals surface area contributed by atoms with Gasteiger partial charge in [0.2, 0.25) is 0 Å². The van der Waals surface area contributed by atoms with Gasteiger partial charge in [0.1, 0.15) is 0 Å². The van der Waals surface area contributed by atoms with Crippen LogP contribution in [0.15, 0.2) is 0 Å². The third-order valence-corrected chi connectivity index (χ3v) is 5.57. The van der Waals surface area contributed by atoms with Gasteiger partial charge < -0.3 is 5.32 Å². The fourth-order valence-electron chi connectivity index (χ4n) is 4.28. The number of piperazine rings is 1. The van der Waals surface area contributed by atoms with Gasteiger partial charge in [-0.25, -0.2) is 0 Å². The smallest absolute Gasteiger partial charge is 0.0221 e. The van der Waals surface area contributed by atoms with E-state index in [4.69, 9.17) is 0 Å². The van der Waals surface area contributed by atoms with Crippen molar-refractivity contribution in [2.24, 2.45) is 11.8 Å². The van der Waals surface area contributed by atoms with Crippen molar-refractivity contribution in [3.05, 3.63) is 0 Å². The van der Waals surface area contributed by atoms with Crippen molar-refractivity contribution < 1.29 is 0 Å². The van der Waals surface area contributed by atoms with E-state index in [2.05, 4.69) is 37.9 Å².